The Labute approximate surface area is 156 Å². The van der Waals surface area contributed by atoms with E-state index in [0.29, 0.717) is 25.3 Å². The van der Waals surface area contributed by atoms with Crippen molar-refractivity contribution in [1.82, 2.24) is 10.5 Å². The summed E-state index contributed by atoms with van der Waals surface area (Å²) in [6.07, 6.45) is 4.02. The van der Waals surface area contributed by atoms with Crippen LogP contribution in [-0.2, 0) is 42.3 Å². The average molecular weight is 380 g/mol. The standard InChI is InChI=1S/C15H21N3O3.Y/c1-3-18(4-2)13-9-8-12(11-16-13)15(19)17-21-14-7-5-6-10-20-14;/h8-9,11,14H,1-7,10H2,(H,17,19);/q-2;. The van der Waals surface area contributed by atoms with Crippen LogP contribution in [0.5, 0.6) is 0 Å². The Hall–Kier alpha value is -0.556. The molecule has 119 valence electrons. The summed E-state index contributed by atoms with van der Waals surface area (Å²) >= 11 is 0. The first kappa shape index (κ1) is 19.5. The number of hydroxylamine groups is 1. The second-order valence-corrected chi connectivity index (χ2v) is 4.74. The second-order valence-electron chi connectivity index (χ2n) is 4.74. The van der Waals surface area contributed by atoms with Gasteiger partial charge in [-0.25, -0.2) is 15.3 Å². The van der Waals surface area contributed by atoms with Crippen molar-refractivity contribution in [2.45, 2.75) is 25.6 Å². The first-order valence-corrected chi connectivity index (χ1v) is 7.11. The Balaban J connectivity index is 0.00000242. The van der Waals surface area contributed by atoms with E-state index >= 15 is 0 Å². The zero-order chi connectivity index (χ0) is 15.1. The normalized spacial score (nSPS) is 17.5. The van der Waals surface area contributed by atoms with Gasteiger partial charge in [0, 0.05) is 51.9 Å². The van der Waals surface area contributed by atoms with Crippen molar-refractivity contribution in [3.8, 4) is 0 Å². The van der Waals surface area contributed by atoms with Crippen LogP contribution in [0.25, 0.3) is 0 Å². The molecule has 0 bridgehead atoms. The first-order valence-electron chi connectivity index (χ1n) is 7.11. The van der Waals surface area contributed by atoms with E-state index in [-0.39, 0.29) is 44.9 Å². The van der Waals surface area contributed by atoms with Gasteiger partial charge in [-0.15, -0.1) is 13.1 Å². The van der Waals surface area contributed by atoms with Gasteiger partial charge in [-0.3, -0.25) is 4.79 Å². The van der Waals surface area contributed by atoms with E-state index in [1.807, 2.05) is 4.90 Å². The summed E-state index contributed by atoms with van der Waals surface area (Å²) in [7, 11) is 0. The molecule has 1 unspecified atom stereocenters. The molecular formula is C15H21N3O3Y-2. The van der Waals surface area contributed by atoms with Crippen molar-refractivity contribution >= 4 is 11.7 Å². The fourth-order valence-electron chi connectivity index (χ4n) is 2.03. The summed E-state index contributed by atoms with van der Waals surface area (Å²) < 4.78 is 5.37. The summed E-state index contributed by atoms with van der Waals surface area (Å²) in [5.41, 5.74) is 2.84. The number of anilines is 1. The molecule has 2 heterocycles. The fourth-order valence-corrected chi connectivity index (χ4v) is 2.03. The molecular weight excluding hydrogens is 359 g/mol. The molecule has 1 aliphatic heterocycles. The van der Waals surface area contributed by atoms with Crippen molar-refractivity contribution in [1.29, 1.82) is 0 Å². The maximum Gasteiger partial charge on any atom is 0.276 e. The number of amides is 1. The number of hydrogen-bond acceptors (Lipinski definition) is 5. The molecule has 0 spiro atoms. The quantitative estimate of drug-likeness (QED) is 0.602. The molecule has 0 aliphatic carbocycles. The number of carbonyl (C=O) groups excluding carboxylic acids is 1. The Morgan fingerprint density at radius 3 is 2.73 bits per heavy atom. The molecule has 1 aromatic rings. The van der Waals surface area contributed by atoms with Gasteiger partial charge in [0.1, 0.15) is 5.82 Å². The van der Waals surface area contributed by atoms with E-state index in [1.165, 1.54) is 6.20 Å². The van der Waals surface area contributed by atoms with E-state index in [9.17, 15) is 4.79 Å². The maximum atomic E-state index is 11.9. The van der Waals surface area contributed by atoms with Crippen LogP contribution in [0.4, 0.5) is 5.82 Å². The second kappa shape index (κ2) is 10.3. The smallest absolute Gasteiger partial charge is 0.276 e. The van der Waals surface area contributed by atoms with Crippen molar-refractivity contribution in [2.24, 2.45) is 0 Å². The largest absolute Gasteiger partial charge is 0.417 e. The van der Waals surface area contributed by atoms with Gasteiger partial charge in [-0.1, -0.05) is 0 Å². The molecule has 1 aromatic heterocycles. The third kappa shape index (κ3) is 5.58. The van der Waals surface area contributed by atoms with Crippen molar-refractivity contribution < 1.29 is 47.1 Å². The van der Waals surface area contributed by atoms with Crippen LogP contribution in [0.2, 0.25) is 0 Å². The van der Waals surface area contributed by atoms with Gasteiger partial charge in [0.05, 0.1) is 5.56 Å². The Morgan fingerprint density at radius 1 is 1.41 bits per heavy atom. The molecule has 1 fully saturated rings. The van der Waals surface area contributed by atoms with E-state index < -0.39 is 0 Å². The van der Waals surface area contributed by atoms with Crippen molar-refractivity contribution in [2.75, 3.05) is 24.6 Å². The van der Waals surface area contributed by atoms with E-state index in [4.69, 9.17) is 9.57 Å². The minimum absolute atomic E-state index is 0. The van der Waals surface area contributed by atoms with Crippen LogP contribution in [0.15, 0.2) is 18.3 Å². The van der Waals surface area contributed by atoms with Gasteiger partial charge in [-0.05, 0) is 25.0 Å². The summed E-state index contributed by atoms with van der Waals surface area (Å²) in [4.78, 5) is 23.3. The predicted molar refractivity (Wildman–Crippen MR) is 79.3 cm³/mol. The summed E-state index contributed by atoms with van der Waals surface area (Å²) in [6.45, 7) is 9.43. The van der Waals surface area contributed by atoms with Crippen LogP contribution in [0.3, 0.4) is 0 Å². The van der Waals surface area contributed by atoms with Crippen LogP contribution >= 0.6 is 0 Å². The van der Waals surface area contributed by atoms with Gasteiger partial charge in [0.2, 0.25) is 0 Å². The molecule has 1 aliphatic rings. The van der Waals surface area contributed by atoms with Gasteiger partial charge < -0.3 is 23.5 Å². The fraction of sp³-hybridized carbons (Fsp3) is 0.467. The van der Waals surface area contributed by atoms with E-state index in [0.717, 1.165) is 25.1 Å². The predicted octanol–water partition coefficient (Wildman–Crippen LogP) is 1.74. The SMILES string of the molecule is [CH2-]CN(C[CH2-])c1ccc(C(=O)NOC2CCCCO2)cn1.[Y]. The van der Waals surface area contributed by atoms with Crippen molar-refractivity contribution in [3.63, 3.8) is 0 Å². The molecule has 1 saturated heterocycles. The van der Waals surface area contributed by atoms with Crippen LogP contribution < -0.4 is 10.4 Å². The molecule has 7 heteroatoms. The number of nitrogens with one attached hydrogen (secondary N) is 1. The average Bonchev–Trinajstić information content (AvgIpc) is 2.55. The molecule has 22 heavy (non-hydrogen) atoms. The monoisotopic (exact) mass is 380 g/mol. The van der Waals surface area contributed by atoms with Crippen LogP contribution in [0.1, 0.15) is 29.6 Å². The first-order chi connectivity index (χ1) is 10.2. The van der Waals surface area contributed by atoms with Gasteiger partial charge in [0.15, 0.2) is 6.29 Å². The third-order valence-electron chi connectivity index (χ3n) is 3.29. The Kier molecular flexibility index (Phi) is 9.09. The van der Waals surface area contributed by atoms with Crippen LogP contribution in [0, 0.1) is 13.8 Å². The Bertz CT molecular complexity index is 446. The summed E-state index contributed by atoms with van der Waals surface area (Å²) in [6, 6.07) is 3.46. The molecule has 0 aromatic carbocycles. The number of pyridine rings is 1. The molecule has 0 saturated carbocycles. The molecule has 2 rings (SSSR count). The van der Waals surface area contributed by atoms with E-state index in [1.54, 1.807) is 12.1 Å². The van der Waals surface area contributed by atoms with Gasteiger partial charge >= 0.3 is 0 Å². The zero-order valence-electron chi connectivity index (χ0n) is 12.7. The molecule has 1 amide bonds. The molecule has 1 N–H and O–H groups in total. The molecule has 1 atom stereocenters. The topological polar surface area (TPSA) is 63.7 Å². The maximum absolute atomic E-state index is 11.9. The van der Waals surface area contributed by atoms with Gasteiger partial charge in [-0.2, -0.15) is 0 Å². The van der Waals surface area contributed by atoms with Gasteiger partial charge in [0.25, 0.3) is 5.91 Å². The summed E-state index contributed by atoms with van der Waals surface area (Å²) in [5, 5.41) is 0. The number of carbonyl (C=O) groups is 1. The van der Waals surface area contributed by atoms with E-state index in [2.05, 4.69) is 24.3 Å². The Morgan fingerprint density at radius 2 is 2.18 bits per heavy atom. The van der Waals surface area contributed by atoms with Crippen molar-refractivity contribution in [3.05, 3.63) is 37.7 Å². The minimum Gasteiger partial charge on any atom is -0.417 e. The number of rotatable bonds is 6. The minimum atomic E-state index is -0.359. The third-order valence-corrected chi connectivity index (χ3v) is 3.29. The number of hydrogen-bond donors (Lipinski definition) is 1. The zero-order valence-corrected chi connectivity index (χ0v) is 15.5. The van der Waals surface area contributed by atoms with Crippen LogP contribution in [-0.4, -0.2) is 36.9 Å². The number of nitrogens with zero attached hydrogens (tertiary/aromatic N) is 2. The molecule has 6 nitrogen and oxygen atoms in total. The molecule has 1 radical (unpaired) electrons. The number of aromatic nitrogens is 1. The number of ether oxygens (including phenoxy) is 1. The summed E-state index contributed by atoms with van der Waals surface area (Å²) in [5.74, 6) is 0.409.